The van der Waals surface area contributed by atoms with Crippen LogP contribution in [0.2, 0.25) is 0 Å². The average molecular weight is 341 g/mol. The van der Waals surface area contributed by atoms with Gasteiger partial charge in [0.1, 0.15) is 5.75 Å². The third-order valence-electron chi connectivity index (χ3n) is 8.58. The number of hydrogen-bond acceptors (Lipinski definition) is 2. The van der Waals surface area contributed by atoms with Crippen LogP contribution in [0.5, 0.6) is 5.75 Å². The Morgan fingerprint density at radius 1 is 1.00 bits per heavy atom. The van der Waals surface area contributed by atoms with Crippen LogP contribution < -0.4 is 0 Å². The van der Waals surface area contributed by atoms with Gasteiger partial charge in [-0.3, -0.25) is 0 Å². The summed E-state index contributed by atoms with van der Waals surface area (Å²) in [4.78, 5) is 0. The van der Waals surface area contributed by atoms with Crippen LogP contribution in [0.1, 0.15) is 93.2 Å². The van der Waals surface area contributed by atoms with Crippen molar-refractivity contribution in [3.05, 3.63) is 28.8 Å². The van der Waals surface area contributed by atoms with Crippen LogP contribution in [0.3, 0.4) is 0 Å². The van der Waals surface area contributed by atoms with Crippen LogP contribution in [0.25, 0.3) is 0 Å². The zero-order valence-electron chi connectivity index (χ0n) is 15.5. The number of aryl methyl sites for hydroxylation is 1. The number of rotatable bonds is 1. The average Bonchev–Trinajstić information content (AvgIpc) is 3.22. The first-order valence-corrected chi connectivity index (χ1v) is 10.6. The van der Waals surface area contributed by atoms with E-state index in [1.807, 2.05) is 0 Å². The SMILES string of the molecule is C[C@]12CC[C@@H]3c4c(cc(O)cc4C4CCCC4)CC[C@H]3[C@@H]1CC[C@H]2O. The van der Waals surface area contributed by atoms with Gasteiger partial charge in [0.05, 0.1) is 6.10 Å². The van der Waals surface area contributed by atoms with Gasteiger partial charge in [0, 0.05) is 0 Å². The van der Waals surface area contributed by atoms with E-state index in [1.165, 1.54) is 62.5 Å². The van der Waals surface area contributed by atoms with Crippen LogP contribution in [0.4, 0.5) is 0 Å². The van der Waals surface area contributed by atoms with Crippen LogP contribution in [-0.2, 0) is 6.42 Å². The van der Waals surface area contributed by atoms with Crippen molar-refractivity contribution in [2.75, 3.05) is 0 Å². The van der Waals surface area contributed by atoms with Gasteiger partial charge in [0.15, 0.2) is 0 Å². The molecule has 0 aromatic heterocycles. The molecule has 25 heavy (non-hydrogen) atoms. The Morgan fingerprint density at radius 2 is 1.80 bits per heavy atom. The molecule has 5 rings (SSSR count). The molecule has 0 aliphatic heterocycles. The van der Waals surface area contributed by atoms with Crippen molar-refractivity contribution in [1.82, 2.24) is 0 Å². The second-order valence-electron chi connectivity index (χ2n) is 9.64. The van der Waals surface area contributed by atoms with E-state index in [1.54, 1.807) is 5.56 Å². The van der Waals surface area contributed by atoms with Gasteiger partial charge < -0.3 is 10.2 Å². The highest BCUT2D eigenvalue weighted by molar-refractivity contribution is 5.48. The first-order chi connectivity index (χ1) is 12.1. The van der Waals surface area contributed by atoms with Gasteiger partial charge in [-0.2, -0.15) is 0 Å². The number of aliphatic hydroxyl groups is 1. The van der Waals surface area contributed by atoms with Gasteiger partial charge in [-0.15, -0.1) is 0 Å². The Labute approximate surface area is 151 Å². The molecule has 0 unspecified atom stereocenters. The number of aromatic hydroxyl groups is 1. The van der Waals surface area contributed by atoms with E-state index >= 15 is 0 Å². The summed E-state index contributed by atoms with van der Waals surface area (Å²) < 4.78 is 0. The zero-order valence-corrected chi connectivity index (χ0v) is 15.5. The molecule has 1 aromatic carbocycles. The minimum Gasteiger partial charge on any atom is -0.508 e. The van der Waals surface area contributed by atoms with Crippen LogP contribution in [-0.4, -0.2) is 16.3 Å². The number of phenolic OH excluding ortho intramolecular Hbond substituents is 1. The molecule has 1 aromatic rings. The summed E-state index contributed by atoms with van der Waals surface area (Å²) in [7, 11) is 0. The highest BCUT2D eigenvalue weighted by Gasteiger charge is 2.54. The lowest BCUT2D eigenvalue weighted by molar-refractivity contribution is -0.0228. The lowest BCUT2D eigenvalue weighted by atomic mass is 9.54. The van der Waals surface area contributed by atoms with Gasteiger partial charge in [-0.25, -0.2) is 0 Å². The second kappa shape index (κ2) is 5.74. The highest BCUT2D eigenvalue weighted by atomic mass is 16.3. The number of fused-ring (bicyclic) bond motifs is 5. The van der Waals surface area contributed by atoms with E-state index in [4.69, 9.17) is 0 Å². The maximum atomic E-state index is 10.6. The number of hydrogen-bond donors (Lipinski definition) is 2. The second-order valence-corrected chi connectivity index (χ2v) is 9.64. The van der Waals surface area contributed by atoms with Gasteiger partial charge in [-0.1, -0.05) is 19.8 Å². The summed E-state index contributed by atoms with van der Waals surface area (Å²) in [5, 5.41) is 20.9. The molecule has 3 saturated carbocycles. The molecule has 3 fully saturated rings. The fourth-order valence-electron chi connectivity index (χ4n) is 7.30. The largest absolute Gasteiger partial charge is 0.508 e. The highest BCUT2D eigenvalue weighted by Crippen LogP contribution is 2.62. The molecule has 136 valence electrons. The molecule has 2 N–H and O–H groups in total. The van der Waals surface area contributed by atoms with E-state index in [0.717, 1.165) is 18.8 Å². The predicted molar refractivity (Wildman–Crippen MR) is 99.9 cm³/mol. The van der Waals surface area contributed by atoms with E-state index in [0.29, 0.717) is 23.5 Å². The summed E-state index contributed by atoms with van der Waals surface area (Å²) in [5.74, 6) is 3.26. The van der Waals surface area contributed by atoms with Crippen LogP contribution in [0.15, 0.2) is 12.1 Å². The number of aliphatic hydroxyl groups excluding tert-OH is 1. The monoisotopic (exact) mass is 340 g/mol. The third-order valence-corrected chi connectivity index (χ3v) is 8.58. The zero-order chi connectivity index (χ0) is 17.2. The summed E-state index contributed by atoms with van der Waals surface area (Å²) in [6, 6.07) is 4.16. The quantitative estimate of drug-likeness (QED) is 0.731. The molecule has 0 saturated heterocycles. The van der Waals surface area contributed by atoms with Gasteiger partial charge in [-0.05, 0) is 109 Å². The molecule has 0 radical (unpaired) electrons. The summed E-state index contributed by atoms with van der Waals surface area (Å²) in [6.07, 6.45) is 12.2. The molecule has 0 heterocycles. The number of benzene rings is 1. The minimum atomic E-state index is -0.0889. The first-order valence-electron chi connectivity index (χ1n) is 10.6. The Bertz CT molecular complexity index is 675. The van der Waals surface area contributed by atoms with Gasteiger partial charge in [0.25, 0.3) is 0 Å². The van der Waals surface area contributed by atoms with Gasteiger partial charge in [0.2, 0.25) is 0 Å². The van der Waals surface area contributed by atoms with E-state index in [9.17, 15) is 10.2 Å². The molecular formula is C23H32O2. The first kappa shape index (κ1) is 16.2. The van der Waals surface area contributed by atoms with E-state index in [2.05, 4.69) is 19.1 Å². The van der Waals surface area contributed by atoms with Crippen molar-refractivity contribution in [3.63, 3.8) is 0 Å². The van der Waals surface area contributed by atoms with Crippen molar-refractivity contribution < 1.29 is 10.2 Å². The minimum absolute atomic E-state index is 0.0889. The van der Waals surface area contributed by atoms with Crippen LogP contribution in [0, 0.1) is 17.3 Å². The normalized spacial score (nSPS) is 40.6. The molecule has 5 atom stereocenters. The third kappa shape index (κ3) is 2.32. The fourth-order valence-corrected chi connectivity index (χ4v) is 7.30. The summed E-state index contributed by atoms with van der Waals surface area (Å²) in [6.45, 7) is 2.36. The lowest BCUT2D eigenvalue weighted by Crippen LogP contribution is -2.44. The Balaban J connectivity index is 1.57. The maximum absolute atomic E-state index is 10.6. The molecule has 2 nitrogen and oxygen atoms in total. The Morgan fingerprint density at radius 3 is 2.60 bits per heavy atom. The smallest absolute Gasteiger partial charge is 0.116 e. The molecule has 0 bridgehead atoms. The number of phenols is 1. The predicted octanol–water partition coefficient (Wildman–Crippen LogP) is 5.27. The topological polar surface area (TPSA) is 40.5 Å². The molecule has 0 amide bonds. The fraction of sp³-hybridized carbons (Fsp3) is 0.739. The van der Waals surface area contributed by atoms with E-state index < -0.39 is 0 Å². The van der Waals surface area contributed by atoms with Crippen molar-refractivity contribution in [2.45, 2.75) is 89.1 Å². The van der Waals surface area contributed by atoms with Crippen molar-refractivity contribution in [1.29, 1.82) is 0 Å². The molecule has 2 heteroatoms. The molecule has 0 spiro atoms. The Hall–Kier alpha value is -1.02. The standard InChI is InChI=1S/C23H32O2/c1-23-11-10-18-17(20(23)8-9-21(23)25)7-6-15-12-16(24)13-19(22(15)18)14-4-2-3-5-14/h12-14,17-18,20-21,24-25H,2-11H2,1H3/t17-,18+,20+,21-,23+/m1/s1. The maximum Gasteiger partial charge on any atom is 0.116 e. The van der Waals surface area contributed by atoms with Gasteiger partial charge >= 0.3 is 0 Å². The van der Waals surface area contributed by atoms with Crippen molar-refractivity contribution in [3.8, 4) is 5.75 Å². The molecular weight excluding hydrogens is 308 g/mol. The molecule has 4 aliphatic carbocycles. The summed E-state index contributed by atoms with van der Waals surface area (Å²) >= 11 is 0. The van der Waals surface area contributed by atoms with Crippen molar-refractivity contribution in [2.24, 2.45) is 17.3 Å². The van der Waals surface area contributed by atoms with E-state index in [-0.39, 0.29) is 11.5 Å². The Kier molecular flexibility index (Phi) is 3.71. The molecule has 4 aliphatic rings. The summed E-state index contributed by atoms with van der Waals surface area (Å²) in [5.41, 5.74) is 4.71. The van der Waals surface area contributed by atoms with Crippen LogP contribution >= 0.6 is 0 Å². The van der Waals surface area contributed by atoms with Crippen molar-refractivity contribution >= 4 is 0 Å². The lowest BCUT2D eigenvalue weighted by Gasteiger charge is -2.50.